The molecule has 6 atom stereocenters. The smallest absolute Gasteiger partial charge is 0.400 e. The Bertz CT molecular complexity index is 1080. The summed E-state index contributed by atoms with van der Waals surface area (Å²) in [5.41, 5.74) is -0.129. The van der Waals surface area contributed by atoms with Crippen LogP contribution in [0.2, 0.25) is 0 Å². The van der Waals surface area contributed by atoms with Crippen LogP contribution in [0.25, 0.3) is 0 Å². The lowest BCUT2D eigenvalue weighted by molar-refractivity contribution is -0.162. The van der Waals surface area contributed by atoms with Crippen molar-refractivity contribution in [1.82, 2.24) is 5.32 Å². The molecule has 3 fully saturated rings. The lowest BCUT2D eigenvalue weighted by Gasteiger charge is -2.41. The monoisotopic (exact) mass is 537 g/mol. The number of benzene rings is 1. The summed E-state index contributed by atoms with van der Waals surface area (Å²) in [5, 5.41) is 13.3. The van der Waals surface area contributed by atoms with Crippen molar-refractivity contribution in [3.8, 4) is 17.2 Å². The molecular weight excluding hydrogens is 518 g/mol. The Morgan fingerprint density at radius 1 is 1.19 bits per heavy atom. The zero-order valence-corrected chi connectivity index (χ0v) is 19.5. The van der Waals surface area contributed by atoms with Crippen LogP contribution in [0.15, 0.2) is 10.5 Å². The summed E-state index contributed by atoms with van der Waals surface area (Å²) < 4.78 is 62.5. The molecule has 1 aromatic carbocycles. The molecule has 1 amide bonds. The van der Waals surface area contributed by atoms with Crippen LogP contribution in [-0.2, 0) is 33.0 Å². The Labute approximate surface area is 191 Å². The molecule has 3 aliphatic heterocycles. The van der Waals surface area contributed by atoms with Crippen LogP contribution in [0.4, 0.5) is 0 Å². The maximum Gasteiger partial charge on any atom is 0.400 e. The van der Waals surface area contributed by atoms with Gasteiger partial charge in [-0.15, -0.1) is 0 Å². The fourth-order valence-corrected chi connectivity index (χ4v) is 6.11. The van der Waals surface area contributed by atoms with Gasteiger partial charge in [-0.05, 0) is 35.8 Å². The van der Waals surface area contributed by atoms with E-state index in [1.165, 1.54) is 13.2 Å². The predicted octanol–water partition coefficient (Wildman–Crippen LogP) is 0.559. The second-order valence-corrected chi connectivity index (χ2v) is 10.2. The standard InChI is InChI=1S/C18H20BrNO11S/c1-18(2)28-12-9(13-16(31-32(23,24)30-13)14(25-3)15(12)29-18)20-17(22)8-6(19)4-7-11(10(8)21)27-5-26-7/h4,9,12-16,21H,5H2,1-3H3,(H,20,22)/t9-,12-,13-,14+,15-,16+/m0/s1. The molecular formula is C18H20BrNO11S. The number of phenols is 1. The van der Waals surface area contributed by atoms with E-state index in [9.17, 15) is 18.3 Å². The fraction of sp³-hybridized carbons (Fsp3) is 0.611. The van der Waals surface area contributed by atoms with E-state index in [0.717, 1.165) is 0 Å². The maximum atomic E-state index is 13.2. The van der Waals surface area contributed by atoms with Crippen LogP contribution < -0.4 is 14.8 Å². The number of amides is 1. The molecule has 2 saturated heterocycles. The second-order valence-electron chi connectivity index (χ2n) is 8.11. The molecule has 5 rings (SSSR count). The van der Waals surface area contributed by atoms with Crippen molar-refractivity contribution in [2.24, 2.45) is 0 Å². The van der Waals surface area contributed by atoms with Gasteiger partial charge in [0.1, 0.15) is 30.5 Å². The minimum absolute atomic E-state index is 0.0294. The van der Waals surface area contributed by atoms with E-state index < -0.39 is 64.4 Å². The van der Waals surface area contributed by atoms with E-state index in [-0.39, 0.29) is 28.3 Å². The number of halogens is 1. The minimum Gasteiger partial charge on any atom is -0.504 e. The number of hydrogen-bond acceptors (Lipinski definition) is 11. The zero-order valence-electron chi connectivity index (χ0n) is 17.1. The summed E-state index contributed by atoms with van der Waals surface area (Å²) in [6.07, 6.45) is -4.65. The summed E-state index contributed by atoms with van der Waals surface area (Å²) in [7, 11) is -2.94. The van der Waals surface area contributed by atoms with Gasteiger partial charge in [0.25, 0.3) is 5.91 Å². The molecule has 2 N–H and O–H groups in total. The molecule has 1 aromatic rings. The third-order valence-electron chi connectivity index (χ3n) is 5.69. The Hall–Kier alpha value is -1.68. The van der Waals surface area contributed by atoms with Crippen molar-refractivity contribution >= 4 is 32.2 Å². The van der Waals surface area contributed by atoms with E-state index in [4.69, 9.17) is 32.1 Å². The Morgan fingerprint density at radius 3 is 2.59 bits per heavy atom. The highest BCUT2D eigenvalue weighted by atomic mass is 79.9. The summed E-state index contributed by atoms with van der Waals surface area (Å²) >= 11 is 3.25. The van der Waals surface area contributed by atoms with Gasteiger partial charge in [0.05, 0.1) is 11.6 Å². The SMILES string of the molecule is CO[C@@H]1[C@H]2OC(C)(C)O[C@H]2[C@H](NC(=O)c2c(Br)cc3c(c2O)OCO3)[C@@H]2OS(=O)(=O)O[C@@H]12. The van der Waals surface area contributed by atoms with Gasteiger partial charge in [0, 0.05) is 11.6 Å². The van der Waals surface area contributed by atoms with Gasteiger partial charge in [-0.3, -0.25) is 4.79 Å². The van der Waals surface area contributed by atoms with Gasteiger partial charge >= 0.3 is 10.4 Å². The van der Waals surface area contributed by atoms with Crippen LogP contribution in [0, 0.1) is 0 Å². The molecule has 1 saturated carbocycles. The number of fused-ring (bicyclic) bond motifs is 3. The minimum atomic E-state index is -4.33. The van der Waals surface area contributed by atoms with E-state index in [1.54, 1.807) is 13.8 Å². The van der Waals surface area contributed by atoms with Gasteiger partial charge in [0.15, 0.2) is 17.3 Å². The summed E-state index contributed by atoms with van der Waals surface area (Å²) in [5.74, 6) is -1.88. The molecule has 0 unspecified atom stereocenters. The van der Waals surface area contributed by atoms with Gasteiger partial charge in [-0.2, -0.15) is 8.42 Å². The van der Waals surface area contributed by atoms with Crippen LogP contribution in [0.3, 0.4) is 0 Å². The zero-order chi connectivity index (χ0) is 23.0. The van der Waals surface area contributed by atoms with Gasteiger partial charge in [-0.25, -0.2) is 8.37 Å². The first-order chi connectivity index (χ1) is 15.0. The number of rotatable bonds is 3. The second kappa shape index (κ2) is 7.41. The van der Waals surface area contributed by atoms with Gasteiger partial charge in [-0.1, -0.05) is 0 Å². The average molecular weight is 538 g/mol. The highest BCUT2D eigenvalue weighted by molar-refractivity contribution is 9.10. The van der Waals surface area contributed by atoms with Crippen LogP contribution in [0.5, 0.6) is 17.2 Å². The van der Waals surface area contributed by atoms with Crippen molar-refractivity contribution in [2.45, 2.75) is 56.2 Å². The van der Waals surface area contributed by atoms with E-state index >= 15 is 0 Å². The quantitative estimate of drug-likeness (QED) is 0.556. The van der Waals surface area contributed by atoms with Crippen molar-refractivity contribution in [3.05, 3.63) is 16.1 Å². The number of carbonyl (C=O) groups is 1. The summed E-state index contributed by atoms with van der Waals surface area (Å²) in [4.78, 5) is 13.2. The van der Waals surface area contributed by atoms with Crippen LogP contribution in [-0.4, -0.2) is 75.7 Å². The number of methoxy groups -OCH3 is 1. The molecule has 14 heteroatoms. The van der Waals surface area contributed by atoms with Crippen molar-refractivity contribution in [3.63, 3.8) is 0 Å². The number of nitrogens with one attached hydrogen (secondary N) is 1. The van der Waals surface area contributed by atoms with E-state index in [2.05, 4.69) is 21.2 Å². The molecule has 3 heterocycles. The molecule has 32 heavy (non-hydrogen) atoms. The Kier molecular flexibility index (Phi) is 5.13. The van der Waals surface area contributed by atoms with E-state index in [1.807, 2.05) is 0 Å². The van der Waals surface area contributed by atoms with Crippen LogP contribution in [0.1, 0.15) is 24.2 Å². The number of aromatic hydroxyl groups is 1. The van der Waals surface area contributed by atoms with E-state index in [0.29, 0.717) is 0 Å². The van der Waals surface area contributed by atoms with Crippen LogP contribution >= 0.6 is 15.9 Å². The Morgan fingerprint density at radius 2 is 1.88 bits per heavy atom. The highest BCUT2D eigenvalue weighted by Gasteiger charge is 2.64. The maximum absolute atomic E-state index is 13.2. The average Bonchev–Trinajstić information content (AvgIpc) is 3.36. The molecule has 4 aliphatic rings. The summed E-state index contributed by atoms with van der Waals surface area (Å²) in [6.45, 7) is 3.27. The summed E-state index contributed by atoms with van der Waals surface area (Å²) in [6, 6.07) is 0.474. The molecule has 176 valence electrons. The third-order valence-corrected chi connectivity index (χ3v) is 7.23. The largest absolute Gasteiger partial charge is 0.504 e. The number of phenolic OH excluding ortho intramolecular Hbond substituents is 1. The first-order valence-corrected chi connectivity index (χ1v) is 11.8. The van der Waals surface area contributed by atoms with Gasteiger partial charge < -0.3 is 34.1 Å². The first-order valence-electron chi connectivity index (χ1n) is 9.63. The predicted molar refractivity (Wildman–Crippen MR) is 106 cm³/mol. The lowest BCUT2D eigenvalue weighted by Crippen LogP contribution is -2.66. The Balaban J connectivity index is 1.51. The molecule has 0 bridgehead atoms. The fourth-order valence-electron chi connectivity index (χ4n) is 4.50. The lowest BCUT2D eigenvalue weighted by atomic mass is 9.83. The first kappa shape index (κ1) is 22.1. The van der Waals surface area contributed by atoms with Crippen molar-refractivity contribution < 1.29 is 50.4 Å². The molecule has 0 spiro atoms. The van der Waals surface area contributed by atoms with Crippen molar-refractivity contribution in [2.75, 3.05) is 13.9 Å². The molecule has 12 nitrogen and oxygen atoms in total. The highest BCUT2D eigenvalue weighted by Crippen LogP contribution is 2.47. The number of carbonyl (C=O) groups excluding carboxylic acids is 1. The number of hydrogen-bond donors (Lipinski definition) is 2. The third kappa shape index (κ3) is 3.45. The van der Waals surface area contributed by atoms with Crippen molar-refractivity contribution in [1.29, 1.82) is 0 Å². The number of ether oxygens (including phenoxy) is 5. The normalized spacial score (nSPS) is 35.9. The molecule has 0 aromatic heterocycles. The molecule has 1 aliphatic carbocycles. The topological polar surface area (TPSA) is 148 Å². The molecule has 0 radical (unpaired) electrons. The van der Waals surface area contributed by atoms with Gasteiger partial charge in [0.2, 0.25) is 12.5 Å².